The molecule has 0 atom stereocenters. The van der Waals surface area contributed by atoms with E-state index in [1.54, 1.807) is 31.4 Å². The second kappa shape index (κ2) is 10.3. The van der Waals surface area contributed by atoms with E-state index in [4.69, 9.17) is 4.74 Å². The number of hydrogen-bond donors (Lipinski definition) is 1. The fraction of sp³-hybridized carbons (Fsp3) is 0.696. The van der Waals surface area contributed by atoms with E-state index < -0.39 is 10.0 Å². The Hall–Kier alpha value is -1.64. The molecule has 2 fully saturated rings. The largest absolute Gasteiger partial charge is 0.497 e. The summed E-state index contributed by atoms with van der Waals surface area (Å²) in [6, 6.07) is 6.45. The molecule has 0 spiro atoms. The minimum atomic E-state index is -3.55. The van der Waals surface area contributed by atoms with Crippen molar-refractivity contribution in [2.45, 2.75) is 61.8 Å². The molecule has 31 heavy (non-hydrogen) atoms. The summed E-state index contributed by atoms with van der Waals surface area (Å²) in [7, 11) is 2.22. The molecule has 1 saturated heterocycles. The lowest BCUT2D eigenvalue weighted by atomic mass is 9.88. The minimum Gasteiger partial charge on any atom is -0.497 e. The molecule has 1 aliphatic heterocycles. The predicted molar refractivity (Wildman–Crippen MR) is 122 cm³/mol. The highest BCUT2D eigenvalue weighted by atomic mass is 32.2. The van der Waals surface area contributed by atoms with Crippen molar-refractivity contribution in [1.82, 2.24) is 14.5 Å². The Bertz CT molecular complexity index is 823. The molecular formula is C23H37N3O4S. The van der Waals surface area contributed by atoms with Gasteiger partial charge in [-0.25, -0.2) is 8.42 Å². The highest BCUT2D eigenvalue weighted by Gasteiger charge is 2.36. The van der Waals surface area contributed by atoms with Crippen molar-refractivity contribution < 1.29 is 17.9 Å². The molecule has 8 heteroatoms. The van der Waals surface area contributed by atoms with E-state index in [2.05, 4.69) is 24.3 Å². The third-order valence-electron chi connectivity index (χ3n) is 7.10. The van der Waals surface area contributed by atoms with Crippen LogP contribution >= 0.6 is 0 Å². The maximum absolute atomic E-state index is 12.9. The lowest BCUT2D eigenvalue weighted by molar-refractivity contribution is -0.126. The van der Waals surface area contributed by atoms with Gasteiger partial charge in [0.2, 0.25) is 15.9 Å². The maximum atomic E-state index is 12.9. The summed E-state index contributed by atoms with van der Waals surface area (Å²) in [6.45, 7) is 1.40. The molecule has 3 rings (SSSR count). The van der Waals surface area contributed by atoms with E-state index in [-0.39, 0.29) is 22.3 Å². The van der Waals surface area contributed by atoms with E-state index >= 15 is 0 Å². The number of sulfonamides is 1. The fourth-order valence-electron chi connectivity index (χ4n) is 4.82. The Morgan fingerprint density at radius 2 is 1.68 bits per heavy atom. The van der Waals surface area contributed by atoms with Crippen LogP contribution in [0.4, 0.5) is 0 Å². The molecule has 0 bridgehead atoms. The summed E-state index contributed by atoms with van der Waals surface area (Å²) in [6.07, 6.45) is 8.27. The van der Waals surface area contributed by atoms with Crippen LogP contribution in [0, 0.1) is 5.92 Å². The molecule has 1 heterocycles. The number of nitrogens with one attached hydrogen (secondary N) is 1. The average molecular weight is 452 g/mol. The summed E-state index contributed by atoms with van der Waals surface area (Å²) in [5, 5.41) is 3.21. The molecule has 1 saturated carbocycles. The van der Waals surface area contributed by atoms with E-state index in [0.29, 0.717) is 38.2 Å². The predicted octanol–water partition coefficient (Wildman–Crippen LogP) is 2.87. The third kappa shape index (κ3) is 5.59. The van der Waals surface area contributed by atoms with Crippen LogP contribution in [0.5, 0.6) is 5.75 Å². The Morgan fingerprint density at radius 1 is 1.10 bits per heavy atom. The molecule has 0 aromatic heterocycles. The monoisotopic (exact) mass is 451 g/mol. The summed E-state index contributed by atoms with van der Waals surface area (Å²) >= 11 is 0. The molecule has 1 aromatic carbocycles. The van der Waals surface area contributed by atoms with Crippen LogP contribution in [0.1, 0.15) is 51.4 Å². The number of hydrogen-bond acceptors (Lipinski definition) is 5. The number of ether oxygens (including phenoxy) is 1. The van der Waals surface area contributed by atoms with E-state index in [1.165, 1.54) is 30.0 Å². The van der Waals surface area contributed by atoms with Crippen LogP contribution < -0.4 is 10.1 Å². The number of rotatable bonds is 7. The number of carbonyl (C=O) groups is 1. The quantitative estimate of drug-likeness (QED) is 0.645. The highest BCUT2D eigenvalue weighted by molar-refractivity contribution is 7.89. The first-order valence-corrected chi connectivity index (χ1v) is 12.8. The first kappa shape index (κ1) is 24.0. The zero-order valence-electron chi connectivity index (χ0n) is 19.1. The fourth-order valence-corrected chi connectivity index (χ4v) is 6.29. The number of nitrogens with zero attached hydrogens (tertiary/aromatic N) is 2. The number of carbonyl (C=O) groups excluding carboxylic acids is 1. The minimum absolute atomic E-state index is 0.0323. The van der Waals surface area contributed by atoms with E-state index in [9.17, 15) is 13.2 Å². The second-order valence-electron chi connectivity index (χ2n) is 9.10. The van der Waals surface area contributed by atoms with Crippen LogP contribution in [0.25, 0.3) is 0 Å². The number of amides is 1. The topological polar surface area (TPSA) is 79.0 Å². The van der Waals surface area contributed by atoms with Crippen LogP contribution in [0.2, 0.25) is 0 Å². The maximum Gasteiger partial charge on any atom is 0.243 e. The number of piperidine rings is 1. The van der Waals surface area contributed by atoms with Gasteiger partial charge in [-0.1, -0.05) is 25.7 Å². The molecule has 174 valence electrons. The van der Waals surface area contributed by atoms with Crippen LogP contribution in [0.15, 0.2) is 29.2 Å². The van der Waals surface area contributed by atoms with Crippen molar-refractivity contribution in [2.75, 3.05) is 40.8 Å². The normalized spacial score (nSPS) is 20.9. The highest BCUT2D eigenvalue weighted by Crippen LogP contribution is 2.31. The number of benzene rings is 1. The van der Waals surface area contributed by atoms with Gasteiger partial charge in [0.15, 0.2) is 0 Å². The zero-order valence-corrected chi connectivity index (χ0v) is 19.9. The molecule has 1 N–H and O–H groups in total. The molecule has 2 aliphatic rings. The van der Waals surface area contributed by atoms with Crippen LogP contribution in [-0.4, -0.2) is 69.9 Å². The van der Waals surface area contributed by atoms with Gasteiger partial charge in [-0.2, -0.15) is 4.31 Å². The molecule has 1 aromatic rings. The van der Waals surface area contributed by atoms with Gasteiger partial charge in [0, 0.05) is 31.1 Å². The first-order chi connectivity index (χ1) is 14.8. The van der Waals surface area contributed by atoms with Crippen LogP contribution in [0.3, 0.4) is 0 Å². The van der Waals surface area contributed by atoms with Crippen molar-refractivity contribution in [1.29, 1.82) is 0 Å². The summed E-state index contributed by atoms with van der Waals surface area (Å²) < 4.78 is 32.4. The van der Waals surface area contributed by atoms with Gasteiger partial charge < -0.3 is 15.0 Å². The second-order valence-corrected chi connectivity index (χ2v) is 11.0. The molecule has 1 amide bonds. The van der Waals surface area contributed by atoms with Gasteiger partial charge >= 0.3 is 0 Å². The third-order valence-corrected chi connectivity index (χ3v) is 9.01. The average Bonchev–Trinajstić information content (AvgIpc) is 3.04. The SMILES string of the molecule is COc1ccc(S(=O)(=O)N2CCC(C(=O)NCC3(N(C)C)CCCCCC3)CC2)cc1. The van der Waals surface area contributed by atoms with Gasteiger partial charge in [-0.05, 0) is 64.0 Å². The van der Waals surface area contributed by atoms with Crippen molar-refractivity contribution in [3.05, 3.63) is 24.3 Å². The van der Waals surface area contributed by atoms with Gasteiger partial charge in [0.05, 0.1) is 12.0 Å². The van der Waals surface area contributed by atoms with Gasteiger partial charge in [-0.3, -0.25) is 4.79 Å². The first-order valence-electron chi connectivity index (χ1n) is 11.4. The van der Waals surface area contributed by atoms with E-state index in [0.717, 1.165) is 12.8 Å². The molecule has 0 unspecified atom stereocenters. The summed E-state index contributed by atoms with van der Waals surface area (Å²) in [4.78, 5) is 15.4. The summed E-state index contributed by atoms with van der Waals surface area (Å²) in [5.41, 5.74) is 0.0323. The zero-order chi connectivity index (χ0) is 22.5. The lowest BCUT2D eigenvalue weighted by Gasteiger charge is -2.40. The van der Waals surface area contributed by atoms with Crippen LogP contribution in [-0.2, 0) is 14.8 Å². The smallest absolute Gasteiger partial charge is 0.243 e. The van der Waals surface area contributed by atoms with Crippen molar-refractivity contribution in [3.8, 4) is 5.75 Å². The number of methoxy groups -OCH3 is 1. The summed E-state index contributed by atoms with van der Waals surface area (Å²) in [5.74, 6) is 0.553. The molecular weight excluding hydrogens is 414 g/mol. The van der Waals surface area contributed by atoms with Crippen molar-refractivity contribution in [3.63, 3.8) is 0 Å². The molecule has 0 radical (unpaired) electrons. The van der Waals surface area contributed by atoms with Crippen molar-refractivity contribution >= 4 is 15.9 Å². The lowest BCUT2D eigenvalue weighted by Crippen LogP contribution is -2.53. The Kier molecular flexibility index (Phi) is 7.99. The Labute approximate surface area is 187 Å². The van der Waals surface area contributed by atoms with Crippen molar-refractivity contribution in [2.24, 2.45) is 5.92 Å². The van der Waals surface area contributed by atoms with Gasteiger partial charge in [-0.15, -0.1) is 0 Å². The standard InChI is InChI=1S/C23H37N3O4S/c1-25(2)23(14-6-4-5-7-15-23)18-24-22(27)19-12-16-26(17-13-19)31(28,29)21-10-8-20(30-3)9-11-21/h8-11,19H,4-7,12-18H2,1-3H3,(H,24,27). The molecule has 1 aliphatic carbocycles. The van der Waals surface area contributed by atoms with Gasteiger partial charge in [0.25, 0.3) is 0 Å². The molecule has 7 nitrogen and oxygen atoms in total. The van der Waals surface area contributed by atoms with E-state index in [1.807, 2.05) is 0 Å². The number of likely N-dealkylation sites (N-methyl/N-ethyl adjacent to an activating group) is 1. The Morgan fingerprint density at radius 3 is 2.19 bits per heavy atom. The van der Waals surface area contributed by atoms with Gasteiger partial charge in [0.1, 0.15) is 5.75 Å². The Balaban J connectivity index is 1.55.